The van der Waals surface area contributed by atoms with Gasteiger partial charge in [-0.25, -0.2) is 8.42 Å². The van der Waals surface area contributed by atoms with Crippen molar-refractivity contribution in [3.05, 3.63) is 52.0 Å². The first-order chi connectivity index (χ1) is 9.83. The normalized spacial score (nSPS) is 11.2. The molecule has 21 heavy (non-hydrogen) atoms. The molecule has 2 aromatic rings. The lowest BCUT2D eigenvalue weighted by Crippen LogP contribution is -2.13. The summed E-state index contributed by atoms with van der Waals surface area (Å²) in [5, 5.41) is 0. The highest BCUT2D eigenvalue weighted by Gasteiger charge is 2.16. The molecule has 0 aliphatic carbocycles. The number of benzene rings is 2. The highest BCUT2D eigenvalue weighted by molar-refractivity contribution is 9.10. The quantitative estimate of drug-likeness (QED) is 0.889. The molecule has 0 atom stereocenters. The zero-order valence-electron chi connectivity index (χ0n) is 12.0. The van der Waals surface area contributed by atoms with E-state index in [1.54, 1.807) is 38.3 Å². The van der Waals surface area contributed by atoms with Gasteiger partial charge in [0.2, 0.25) is 0 Å². The van der Waals surface area contributed by atoms with Crippen LogP contribution in [0.3, 0.4) is 0 Å². The Morgan fingerprint density at radius 2 is 1.76 bits per heavy atom. The van der Waals surface area contributed by atoms with Gasteiger partial charge < -0.3 is 4.74 Å². The number of methoxy groups -OCH3 is 1. The third kappa shape index (κ3) is 3.57. The standard InChI is InChI=1S/C15H16BrNO3S/c1-10-4-5-12(9-14(10)16)17-21(18,19)13-6-7-15(20-3)11(2)8-13/h4-9,17H,1-3H3. The van der Waals surface area contributed by atoms with Crippen LogP contribution in [0.1, 0.15) is 11.1 Å². The first-order valence-corrected chi connectivity index (χ1v) is 8.55. The summed E-state index contributed by atoms with van der Waals surface area (Å²) in [6.45, 7) is 3.75. The van der Waals surface area contributed by atoms with E-state index >= 15 is 0 Å². The maximum absolute atomic E-state index is 12.4. The molecule has 2 aromatic carbocycles. The lowest BCUT2D eigenvalue weighted by molar-refractivity contribution is 0.411. The number of halogens is 1. The van der Waals surface area contributed by atoms with Crippen molar-refractivity contribution in [3.8, 4) is 5.75 Å². The van der Waals surface area contributed by atoms with Gasteiger partial charge in [0, 0.05) is 10.2 Å². The average molecular weight is 370 g/mol. The molecule has 0 fully saturated rings. The summed E-state index contributed by atoms with van der Waals surface area (Å²) in [6.07, 6.45) is 0. The number of hydrogen-bond acceptors (Lipinski definition) is 3. The Bertz CT molecular complexity index is 772. The van der Waals surface area contributed by atoms with Crippen LogP contribution in [0.15, 0.2) is 45.8 Å². The molecule has 0 heterocycles. The van der Waals surface area contributed by atoms with Crippen molar-refractivity contribution in [2.45, 2.75) is 18.7 Å². The summed E-state index contributed by atoms with van der Waals surface area (Å²) in [6, 6.07) is 10.1. The van der Waals surface area contributed by atoms with Gasteiger partial charge in [-0.1, -0.05) is 22.0 Å². The largest absolute Gasteiger partial charge is 0.496 e. The first kappa shape index (κ1) is 15.9. The van der Waals surface area contributed by atoms with E-state index in [0.29, 0.717) is 11.4 Å². The van der Waals surface area contributed by atoms with Crippen molar-refractivity contribution in [2.24, 2.45) is 0 Å². The Kier molecular flexibility index (Phi) is 4.58. The van der Waals surface area contributed by atoms with Crippen molar-refractivity contribution in [1.82, 2.24) is 0 Å². The van der Waals surface area contributed by atoms with Crippen LogP contribution in [0, 0.1) is 13.8 Å². The molecule has 0 radical (unpaired) electrons. The van der Waals surface area contributed by atoms with Crippen LogP contribution >= 0.6 is 15.9 Å². The van der Waals surface area contributed by atoms with Crippen LogP contribution in [0.4, 0.5) is 5.69 Å². The van der Waals surface area contributed by atoms with E-state index < -0.39 is 10.0 Å². The van der Waals surface area contributed by atoms with Gasteiger partial charge in [-0.2, -0.15) is 0 Å². The molecule has 0 bridgehead atoms. The maximum Gasteiger partial charge on any atom is 0.261 e. The molecule has 0 aromatic heterocycles. The van der Waals surface area contributed by atoms with Gasteiger partial charge in [0.1, 0.15) is 5.75 Å². The Labute approximate surface area is 133 Å². The minimum absolute atomic E-state index is 0.206. The van der Waals surface area contributed by atoms with Crippen LogP contribution in [0.2, 0.25) is 0 Å². The number of rotatable bonds is 4. The molecule has 0 aliphatic heterocycles. The summed E-state index contributed by atoms with van der Waals surface area (Å²) >= 11 is 3.39. The molecule has 2 rings (SSSR count). The summed E-state index contributed by atoms with van der Waals surface area (Å²) < 4.78 is 33.3. The SMILES string of the molecule is COc1ccc(S(=O)(=O)Nc2ccc(C)c(Br)c2)cc1C. The smallest absolute Gasteiger partial charge is 0.261 e. The molecular weight excluding hydrogens is 354 g/mol. The van der Waals surface area contributed by atoms with Crippen LogP contribution in [0.5, 0.6) is 5.75 Å². The average Bonchev–Trinajstić information content (AvgIpc) is 2.42. The Balaban J connectivity index is 2.33. The molecule has 0 spiro atoms. The molecule has 0 saturated heterocycles. The van der Waals surface area contributed by atoms with Gasteiger partial charge in [-0.3, -0.25) is 4.72 Å². The molecule has 1 N–H and O–H groups in total. The number of anilines is 1. The minimum Gasteiger partial charge on any atom is -0.496 e. The molecule has 0 unspecified atom stereocenters. The van der Waals surface area contributed by atoms with Crippen LogP contribution < -0.4 is 9.46 Å². The van der Waals surface area contributed by atoms with Gasteiger partial charge >= 0.3 is 0 Å². The first-order valence-electron chi connectivity index (χ1n) is 6.27. The van der Waals surface area contributed by atoms with Crippen molar-refractivity contribution in [1.29, 1.82) is 0 Å². The van der Waals surface area contributed by atoms with Crippen molar-refractivity contribution < 1.29 is 13.2 Å². The van der Waals surface area contributed by atoms with Gasteiger partial charge in [0.25, 0.3) is 10.0 Å². The van der Waals surface area contributed by atoms with E-state index in [1.807, 2.05) is 13.0 Å². The second-order valence-corrected chi connectivity index (χ2v) is 7.24. The Hall–Kier alpha value is -1.53. The molecule has 6 heteroatoms. The lowest BCUT2D eigenvalue weighted by atomic mass is 10.2. The van der Waals surface area contributed by atoms with E-state index in [0.717, 1.165) is 15.6 Å². The lowest BCUT2D eigenvalue weighted by Gasteiger charge is -2.11. The summed E-state index contributed by atoms with van der Waals surface area (Å²) in [5.74, 6) is 0.659. The fraction of sp³-hybridized carbons (Fsp3) is 0.200. The van der Waals surface area contributed by atoms with Crippen molar-refractivity contribution >= 4 is 31.6 Å². The summed E-state index contributed by atoms with van der Waals surface area (Å²) in [4.78, 5) is 0.206. The van der Waals surface area contributed by atoms with Crippen LogP contribution in [-0.2, 0) is 10.0 Å². The third-order valence-corrected chi connectivity index (χ3v) is 5.33. The number of sulfonamides is 1. The molecular formula is C15H16BrNO3S. The van der Waals surface area contributed by atoms with Crippen LogP contribution in [-0.4, -0.2) is 15.5 Å². The molecule has 0 saturated carbocycles. The predicted molar refractivity (Wildman–Crippen MR) is 87.4 cm³/mol. The summed E-state index contributed by atoms with van der Waals surface area (Å²) in [5.41, 5.74) is 2.32. The fourth-order valence-corrected chi connectivity index (χ4v) is 3.40. The van der Waals surface area contributed by atoms with E-state index in [9.17, 15) is 8.42 Å². The van der Waals surface area contributed by atoms with Crippen molar-refractivity contribution in [3.63, 3.8) is 0 Å². The number of aryl methyl sites for hydroxylation is 2. The highest BCUT2D eigenvalue weighted by Crippen LogP contribution is 2.25. The van der Waals surface area contributed by atoms with Gasteiger partial charge in [-0.05, 0) is 55.3 Å². The Morgan fingerprint density at radius 1 is 1.05 bits per heavy atom. The van der Waals surface area contributed by atoms with Gasteiger partial charge in [0.05, 0.1) is 12.0 Å². The monoisotopic (exact) mass is 369 g/mol. The summed E-state index contributed by atoms with van der Waals surface area (Å²) in [7, 11) is -2.06. The van der Waals surface area contributed by atoms with E-state index in [2.05, 4.69) is 20.7 Å². The molecule has 0 aliphatic rings. The van der Waals surface area contributed by atoms with Crippen LogP contribution in [0.25, 0.3) is 0 Å². The minimum atomic E-state index is -3.62. The Morgan fingerprint density at radius 3 is 2.33 bits per heavy atom. The maximum atomic E-state index is 12.4. The number of ether oxygens (including phenoxy) is 1. The molecule has 4 nitrogen and oxygen atoms in total. The topological polar surface area (TPSA) is 55.4 Å². The van der Waals surface area contributed by atoms with Crippen molar-refractivity contribution in [2.75, 3.05) is 11.8 Å². The van der Waals surface area contributed by atoms with Gasteiger partial charge in [-0.15, -0.1) is 0 Å². The third-order valence-electron chi connectivity index (χ3n) is 3.10. The van der Waals surface area contributed by atoms with E-state index in [1.165, 1.54) is 6.07 Å². The van der Waals surface area contributed by atoms with E-state index in [4.69, 9.17) is 4.74 Å². The zero-order chi connectivity index (χ0) is 15.6. The number of nitrogens with one attached hydrogen (secondary N) is 1. The second-order valence-electron chi connectivity index (χ2n) is 4.70. The number of hydrogen-bond donors (Lipinski definition) is 1. The van der Waals surface area contributed by atoms with E-state index in [-0.39, 0.29) is 4.90 Å². The molecule has 112 valence electrons. The highest BCUT2D eigenvalue weighted by atomic mass is 79.9. The molecule has 0 amide bonds. The fourth-order valence-electron chi connectivity index (χ4n) is 1.89. The zero-order valence-corrected chi connectivity index (χ0v) is 14.4. The second kappa shape index (κ2) is 6.07. The van der Waals surface area contributed by atoms with Gasteiger partial charge in [0.15, 0.2) is 0 Å². The predicted octanol–water partition coefficient (Wildman–Crippen LogP) is 3.88.